The van der Waals surface area contributed by atoms with Crippen LogP contribution in [0.2, 0.25) is 0 Å². The lowest BCUT2D eigenvalue weighted by Gasteiger charge is -2.40. The van der Waals surface area contributed by atoms with Gasteiger partial charge >= 0.3 is 0 Å². The third-order valence-electron chi connectivity index (χ3n) is 16.2. The van der Waals surface area contributed by atoms with E-state index in [-0.39, 0.29) is 12.8 Å². The highest BCUT2D eigenvalue weighted by Crippen LogP contribution is 2.24. The predicted molar refractivity (Wildman–Crippen MR) is 321 cm³/mol. The molecule has 0 aromatic rings. The molecule has 0 saturated carbocycles. The van der Waals surface area contributed by atoms with E-state index in [1.54, 1.807) is 0 Å². The van der Waals surface area contributed by atoms with Crippen molar-refractivity contribution in [2.24, 2.45) is 0 Å². The summed E-state index contributed by atoms with van der Waals surface area (Å²) in [6.07, 6.45) is 56.8. The SMILES string of the molecule is CCCCCCCCCCCCCC/C=C\CCCCCCCCCCC(O)C(=O)NC(COC1OC(CO)C(O)C(O)C1O)C(O)C(O)CCC/C=C/CCCCCCCCCCCCCCCCCCCCCCC. The average Bonchev–Trinajstić information content (AvgIpc) is 3.43. The maximum atomic E-state index is 13.2. The van der Waals surface area contributed by atoms with Crippen molar-refractivity contribution in [1.82, 2.24) is 5.32 Å². The first kappa shape index (κ1) is 73.6. The van der Waals surface area contributed by atoms with Crippen LogP contribution in [-0.2, 0) is 14.3 Å². The van der Waals surface area contributed by atoms with Crippen molar-refractivity contribution in [3.8, 4) is 0 Å². The van der Waals surface area contributed by atoms with Crippen LogP contribution in [0.4, 0.5) is 0 Å². The number of allylic oxidation sites excluding steroid dienone is 4. The van der Waals surface area contributed by atoms with Crippen LogP contribution >= 0.6 is 0 Å². The van der Waals surface area contributed by atoms with E-state index in [1.807, 2.05) is 0 Å². The lowest BCUT2D eigenvalue weighted by Crippen LogP contribution is -2.60. The molecular weight excluding hydrogens is 967 g/mol. The molecule has 1 aliphatic heterocycles. The van der Waals surface area contributed by atoms with Crippen molar-refractivity contribution in [2.45, 2.75) is 377 Å². The number of nitrogens with one attached hydrogen (secondary N) is 1. The third-order valence-corrected chi connectivity index (χ3v) is 16.2. The van der Waals surface area contributed by atoms with E-state index in [0.29, 0.717) is 12.8 Å². The molecule has 0 aromatic heterocycles. The van der Waals surface area contributed by atoms with Crippen molar-refractivity contribution in [3.05, 3.63) is 24.3 Å². The molecule has 11 nitrogen and oxygen atoms in total. The normalized spacial score (nSPS) is 19.6. The van der Waals surface area contributed by atoms with E-state index >= 15 is 0 Å². The fourth-order valence-corrected chi connectivity index (χ4v) is 10.9. The molecule has 11 heteroatoms. The molecule has 1 aliphatic rings. The van der Waals surface area contributed by atoms with E-state index in [2.05, 4.69) is 43.5 Å². The minimum atomic E-state index is -1.67. The summed E-state index contributed by atoms with van der Waals surface area (Å²) >= 11 is 0. The third kappa shape index (κ3) is 43.0. The highest BCUT2D eigenvalue weighted by molar-refractivity contribution is 5.80. The number of carbonyl (C=O) groups excluding carboxylic acids is 1. The van der Waals surface area contributed by atoms with Crippen LogP contribution in [0.5, 0.6) is 0 Å². The first-order chi connectivity index (χ1) is 37.7. The molecule has 0 bridgehead atoms. The monoisotopic (exact) mass is 1090 g/mol. The van der Waals surface area contributed by atoms with Gasteiger partial charge in [-0.2, -0.15) is 0 Å². The quantitative estimate of drug-likeness (QED) is 0.0215. The van der Waals surface area contributed by atoms with Gasteiger partial charge in [0, 0.05) is 0 Å². The second-order valence-electron chi connectivity index (χ2n) is 23.5. The van der Waals surface area contributed by atoms with E-state index in [9.17, 15) is 40.5 Å². The number of ether oxygens (including phenoxy) is 2. The highest BCUT2D eigenvalue weighted by Gasteiger charge is 2.44. The Hall–Kier alpha value is -1.41. The van der Waals surface area contributed by atoms with Gasteiger partial charge in [-0.1, -0.05) is 282 Å². The molecule has 8 N–H and O–H groups in total. The first-order valence-corrected chi connectivity index (χ1v) is 33.2. The lowest BCUT2D eigenvalue weighted by atomic mass is 9.98. The fraction of sp³-hybridized carbons (Fsp3) is 0.924. The summed E-state index contributed by atoms with van der Waals surface area (Å²) in [5, 5.41) is 76.4. The second-order valence-corrected chi connectivity index (χ2v) is 23.5. The maximum absolute atomic E-state index is 13.2. The van der Waals surface area contributed by atoms with Crippen LogP contribution in [0.1, 0.15) is 322 Å². The molecular formula is C66H127NO10. The maximum Gasteiger partial charge on any atom is 0.249 e. The minimum Gasteiger partial charge on any atom is -0.394 e. The molecule has 0 aromatic carbocycles. The van der Waals surface area contributed by atoms with Gasteiger partial charge in [-0.25, -0.2) is 0 Å². The van der Waals surface area contributed by atoms with Crippen LogP contribution in [-0.4, -0.2) is 110 Å². The van der Waals surface area contributed by atoms with E-state index in [0.717, 1.165) is 44.9 Å². The Morgan fingerprint density at radius 1 is 0.442 bits per heavy atom. The largest absolute Gasteiger partial charge is 0.394 e. The molecule has 1 fully saturated rings. The van der Waals surface area contributed by atoms with Crippen LogP contribution in [0.15, 0.2) is 24.3 Å². The van der Waals surface area contributed by atoms with Gasteiger partial charge < -0.3 is 50.5 Å². The summed E-state index contributed by atoms with van der Waals surface area (Å²) in [6.45, 7) is 3.49. The molecule has 0 spiro atoms. The van der Waals surface area contributed by atoms with Gasteiger partial charge in [0.15, 0.2) is 6.29 Å². The van der Waals surface area contributed by atoms with Gasteiger partial charge in [-0.3, -0.25) is 4.79 Å². The zero-order valence-electron chi connectivity index (χ0n) is 50.2. The predicted octanol–water partition coefficient (Wildman–Crippen LogP) is 15.2. The van der Waals surface area contributed by atoms with Crippen molar-refractivity contribution >= 4 is 5.91 Å². The van der Waals surface area contributed by atoms with Crippen molar-refractivity contribution in [2.75, 3.05) is 13.2 Å². The Morgan fingerprint density at radius 3 is 1.12 bits per heavy atom. The number of carbonyl (C=O) groups is 1. The average molecular weight is 1090 g/mol. The van der Waals surface area contributed by atoms with Crippen molar-refractivity contribution < 1.29 is 50.0 Å². The molecule has 1 saturated heterocycles. The molecule has 1 rings (SSSR count). The molecule has 1 heterocycles. The van der Waals surface area contributed by atoms with Gasteiger partial charge in [-0.05, 0) is 64.2 Å². The molecule has 77 heavy (non-hydrogen) atoms. The Morgan fingerprint density at radius 2 is 0.766 bits per heavy atom. The lowest BCUT2D eigenvalue weighted by molar-refractivity contribution is -0.303. The molecule has 456 valence electrons. The Balaban J connectivity index is 2.26. The topological polar surface area (TPSA) is 189 Å². The fourth-order valence-electron chi connectivity index (χ4n) is 10.9. The molecule has 0 aliphatic carbocycles. The Kier molecular flexibility index (Phi) is 52.7. The van der Waals surface area contributed by atoms with Crippen LogP contribution in [0.3, 0.4) is 0 Å². The number of aliphatic hydroxyl groups is 7. The van der Waals surface area contributed by atoms with Crippen LogP contribution < -0.4 is 5.32 Å². The van der Waals surface area contributed by atoms with Gasteiger partial charge in [0.25, 0.3) is 0 Å². The van der Waals surface area contributed by atoms with Gasteiger partial charge in [0.1, 0.15) is 36.6 Å². The molecule has 9 unspecified atom stereocenters. The number of hydrogen-bond donors (Lipinski definition) is 8. The molecule has 0 radical (unpaired) electrons. The van der Waals surface area contributed by atoms with E-state index in [1.165, 1.54) is 238 Å². The van der Waals surface area contributed by atoms with Crippen molar-refractivity contribution in [1.29, 1.82) is 0 Å². The standard InChI is InChI=1S/C66H127NO10/c1-3-5-7-9-11-13-15-17-19-21-23-25-27-29-30-32-33-35-37-39-41-43-45-47-49-51-53-58(69)61(71)57(56-76-66-64(74)63(73)62(72)60(55-68)77-66)67-65(75)59(70)54-52-50-48-46-44-42-40-38-36-34-31-28-26-24-22-20-18-16-14-12-10-8-6-4-2/h31,34,45,47,57-64,66,68-74H,3-30,32-33,35-44,46,48-56H2,1-2H3,(H,67,75)/b34-31-,47-45+. The van der Waals surface area contributed by atoms with Crippen molar-refractivity contribution in [3.63, 3.8) is 0 Å². The van der Waals surface area contributed by atoms with Crippen LogP contribution in [0, 0.1) is 0 Å². The summed E-state index contributed by atoms with van der Waals surface area (Å²) in [5.74, 6) is -0.704. The Bertz CT molecular complexity index is 1300. The van der Waals surface area contributed by atoms with Gasteiger partial charge in [-0.15, -0.1) is 0 Å². The van der Waals surface area contributed by atoms with Gasteiger partial charge in [0.2, 0.25) is 5.91 Å². The van der Waals surface area contributed by atoms with E-state index in [4.69, 9.17) is 9.47 Å². The zero-order valence-corrected chi connectivity index (χ0v) is 50.2. The summed E-state index contributed by atoms with van der Waals surface area (Å²) < 4.78 is 11.2. The summed E-state index contributed by atoms with van der Waals surface area (Å²) in [6, 6.07) is -1.19. The molecule has 9 atom stereocenters. The second kappa shape index (κ2) is 55.1. The number of rotatable bonds is 58. The number of aliphatic hydroxyl groups excluding tert-OH is 7. The van der Waals surface area contributed by atoms with Gasteiger partial charge in [0.05, 0.1) is 25.4 Å². The summed E-state index contributed by atoms with van der Waals surface area (Å²) in [4.78, 5) is 13.2. The minimum absolute atomic E-state index is 0.252. The highest BCUT2D eigenvalue weighted by atomic mass is 16.7. The summed E-state index contributed by atoms with van der Waals surface area (Å²) in [5.41, 5.74) is 0. The van der Waals surface area contributed by atoms with E-state index < -0.39 is 74.2 Å². The molecule has 1 amide bonds. The number of unbranched alkanes of at least 4 members (excludes halogenated alkanes) is 42. The first-order valence-electron chi connectivity index (χ1n) is 33.2. The van der Waals surface area contributed by atoms with Crippen LogP contribution in [0.25, 0.3) is 0 Å². The summed E-state index contributed by atoms with van der Waals surface area (Å²) in [7, 11) is 0. The number of hydrogen-bond acceptors (Lipinski definition) is 10. The zero-order chi connectivity index (χ0) is 56.1. The smallest absolute Gasteiger partial charge is 0.249 e. The Labute approximate surface area is 474 Å². The number of amides is 1.